The predicted octanol–water partition coefficient (Wildman–Crippen LogP) is 1.77. The molecule has 1 aromatic rings. The average Bonchev–Trinajstić information content (AvgIpc) is 2.22. The van der Waals surface area contributed by atoms with E-state index in [4.69, 9.17) is 10.00 Å². The van der Waals surface area contributed by atoms with Crippen LogP contribution in [0.1, 0.15) is 11.1 Å². The number of nitriles is 1. The summed E-state index contributed by atoms with van der Waals surface area (Å²) >= 11 is 0. The Hall–Kier alpha value is -2.02. The summed E-state index contributed by atoms with van der Waals surface area (Å²) in [5.74, 6) is -0.141. The number of ether oxygens (including phenoxy) is 1. The van der Waals surface area contributed by atoms with Gasteiger partial charge < -0.3 is 10.1 Å². The Bertz CT molecular complexity index is 433. The van der Waals surface area contributed by atoms with Crippen LogP contribution in [-0.2, 0) is 4.79 Å². The van der Waals surface area contributed by atoms with E-state index in [1.54, 1.807) is 6.07 Å². The summed E-state index contributed by atoms with van der Waals surface area (Å²) in [5.41, 5.74) is 2.62. The van der Waals surface area contributed by atoms with Crippen LogP contribution in [0.2, 0.25) is 0 Å². The summed E-state index contributed by atoms with van der Waals surface area (Å²) in [5, 5.41) is 10.8. The van der Waals surface area contributed by atoms with Crippen LogP contribution in [-0.4, -0.2) is 13.0 Å². The third-order valence-corrected chi connectivity index (χ3v) is 2.17. The highest BCUT2D eigenvalue weighted by molar-refractivity contribution is 6.03. The van der Waals surface area contributed by atoms with Crippen LogP contribution in [0.3, 0.4) is 0 Å². The van der Waals surface area contributed by atoms with Crippen molar-refractivity contribution in [2.45, 2.75) is 13.8 Å². The molecule has 0 saturated heterocycles. The number of methoxy groups -OCH3 is 1. The lowest BCUT2D eigenvalue weighted by Gasteiger charge is -2.10. The van der Waals surface area contributed by atoms with Gasteiger partial charge in [-0.05, 0) is 37.1 Å². The van der Waals surface area contributed by atoms with Gasteiger partial charge in [-0.1, -0.05) is 0 Å². The third kappa shape index (κ3) is 2.47. The summed E-state index contributed by atoms with van der Waals surface area (Å²) in [6.07, 6.45) is 0. The average molecular weight is 204 g/mol. The molecule has 0 unspecified atom stereocenters. The van der Waals surface area contributed by atoms with Gasteiger partial charge in [0.25, 0.3) is 0 Å². The van der Waals surface area contributed by atoms with E-state index in [2.05, 4.69) is 5.32 Å². The SMILES string of the molecule is COc1cc(C)c(C)cc1NC(=O)C#N. The molecule has 78 valence electrons. The third-order valence-electron chi connectivity index (χ3n) is 2.17. The van der Waals surface area contributed by atoms with Crippen molar-refractivity contribution in [3.8, 4) is 11.8 Å². The molecule has 0 atom stereocenters. The van der Waals surface area contributed by atoms with Crippen molar-refractivity contribution in [3.05, 3.63) is 23.3 Å². The van der Waals surface area contributed by atoms with E-state index in [0.717, 1.165) is 11.1 Å². The van der Waals surface area contributed by atoms with Crippen molar-refractivity contribution < 1.29 is 9.53 Å². The second-order valence-corrected chi connectivity index (χ2v) is 3.20. The molecular weight excluding hydrogens is 192 g/mol. The van der Waals surface area contributed by atoms with Crippen LogP contribution in [0.25, 0.3) is 0 Å². The largest absolute Gasteiger partial charge is 0.495 e. The Balaban J connectivity index is 3.11. The molecule has 4 nitrogen and oxygen atoms in total. The molecule has 0 radical (unpaired) electrons. The van der Waals surface area contributed by atoms with Crippen LogP contribution >= 0.6 is 0 Å². The molecule has 0 spiro atoms. The number of hydrogen-bond acceptors (Lipinski definition) is 3. The first-order valence-corrected chi connectivity index (χ1v) is 4.44. The van der Waals surface area contributed by atoms with Crippen molar-refractivity contribution in [2.24, 2.45) is 0 Å². The molecule has 0 saturated carbocycles. The van der Waals surface area contributed by atoms with Crippen molar-refractivity contribution >= 4 is 11.6 Å². The van der Waals surface area contributed by atoms with Gasteiger partial charge >= 0.3 is 5.91 Å². The maximum atomic E-state index is 10.9. The molecule has 0 aromatic heterocycles. The van der Waals surface area contributed by atoms with E-state index in [9.17, 15) is 4.79 Å². The van der Waals surface area contributed by atoms with E-state index in [-0.39, 0.29) is 0 Å². The molecule has 1 N–H and O–H groups in total. The van der Waals surface area contributed by atoms with Gasteiger partial charge in [-0.2, -0.15) is 5.26 Å². The maximum absolute atomic E-state index is 10.9. The molecular formula is C11H12N2O2. The number of nitrogens with one attached hydrogen (secondary N) is 1. The topological polar surface area (TPSA) is 62.1 Å². The first-order valence-electron chi connectivity index (χ1n) is 4.44. The minimum absolute atomic E-state index is 0.521. The number of nitrogens with zero attached hydrogens (tertiary/aromatic N) is 1. The summed E-state index contributed by atoms with van der Waals surface area (Å²) in [6.45, 7) is 3.88. The monoisotopic (exact) mass is 204 g/mol. The number of amides is 1. The normalized spacial score (nSPS) is 9.20. The zero-order valence-corrected chi connectivity index (χ0v) is 8.92. The van der Waals surface area contributed by atoms with Gasteiger partial charge in [0.05, 0.1) is 12.8 Å². The van der Waals surface area contributed by atoms with Crippen LogP contribution < -0.4 is 10.1 Å². The van der Waals surface area contributed by atoms with E-state index in [1.165, 1.54) is 13.2 Å². The van der Waals surface area contributed by atoms with E-state index >= 15 is 0 Å². The van der Waals surface area contributed by atoms with Gasteiger partial charge in [-0.3, -0.25) is 4.79 Å². The number of aryl methyl sites for hydroxylation is 2. The number of anilines is 1. The molecule has 15 heavy (non-hydrogen) atoms. The lowest BCUT2D eigenvalue weighted by molar-refractivity contribution is -0.111. The van der Waals surface area contributed by atoms with Crippen LogP contribution in [0.5, 0.6) is 5.75 Å². The number of benzene rings is 1. The molecule has 1 aromatic carbocycles. The second-order valence-electron chi connectivity index (χ2n) is 3.20. The fourth-order valence-corrected chi connectivity index (χ4v) is 1.21. The summed E-state index contributed by atoms with van der Waals surface area (Å²) in [6, 6.07) is 5.10. The Morgan fingerprint density at radius 3 is 2.53 bits per heavy atom. The first kappa shape index (κ1) is 11.1. The van der Waals surface area contributed by atoms with Gasteiger partial charge in [-0.25, -0.2) is 0 Å². The first-order chi connectivity index (χ1) is 7.08. The molecule has 1 amide bonds. The summed E-state index contributed by atoms with van der Waals surface area (Å²) < 4.78 is 5.10. The van der Waals surface area contributed by atoms with E-state index in [0.29, 0.717) is 11.4 Å². The molecule has 0 aliphatic heterocycles. The van der Waals surface area contributed by atoms with Crippen molar-refractivity contribution in [3.63, 3.8) is 0 Å². The molecule has 0 bridgehead atoms. The zero-order chi connectivity index (χ0) is 11.4. The molecule has 0 aliphatic rings. The van der Waals surface area contributed by atoms with Crippen molar-refractivity contribution in [1.29, 1.82) is 5.26 Å². The van der Waals surface area contributed by atoms with Crippen LogP contribution in [0, 0.1) is 25.2 Å². The van der Waals surface area contributed by atoms with E-state index in [1.807, 2.05) is 19.9 Å². The molecule has 0 heterocycles. The molecule has 0 fully saturated rings. The number of rotatable bonds is 2. The van der Waals surface area contributed by atoms with Crippen LogP contribution in [0.15, 0.2) is 12.1 Å². The van der Waals surface area contributed by atoms with Gasteiger partial charge in [0.15, 0.2) is 6.07 Å². The Morgan fingerprint density at radius 2 is 2.00 bits per heavy atom. The zero-order valence-electron chi connectivity index (χ0n) is 8.92. The maximum Gasteiger partial charge on any atom is 0.326 e. The van der Waals surface area contributed by atoms with Gasteiger partial charge in [0, 0.05) is 0 Å². The Morgan fingerprint density at radius 1 is 1.40 bits per heavy atom. The van der Waals surface area contributed by atoms with Gasteiger partial charge in [0.1, 0.15) is 5.75 Å². The Kier molecular flexibility index (Phi) is 3.29. The van der Waals surface area contributed by atoms with Gasteiger partial charge in [-0.15, -0.1) is 0 Å². The smallest absolute Gasteiger partial charge is 0.326 e. The predicted molar refractivity (Wildman–Crippen MR) is 56.7 cm³/mol. The fraction of sp³-hybridized carbons (Fsp3) is 0.273. The number of carbonyl (C=O) groups is 1. The summed E-state index contributed by atoms with van der Waals surface area (Å²) in [7, 11) is 1.52. The highest BCUT2D eigenvalue weighted by Gasteiger charge is 2.08. The minimum Gasteiger partial charge on any atom is -0.495 e. The fourth-order valence-electron chi connectivity index (χ4n) is 1.21. The highest BCUT2D eigenvalue weighted by atomic mass is 16.5. The minimum atomic E-state index is -0.698. The second kappa shape index (κ2) is 4.47. The quantitative estimate of drug-likeness (QED) is 0.747. The van der Waals surface area contributed by atoms with Crippen molar-refractivity contribution in [2.75, 3.05) is 12.4 Å². The lowest BCUT2D eigenvalue weighted by Crippen LogP contribution is -2.09. The number of carbonyl (C=O) groups excluding carboxylic acids is 1. The van der Waals surface area contributed by atoms with Crippen LogP contribution in [0.4, 0.5) is 5.69 Å². The van der Waals surface area contributed by atoms with Gasteiger partial charge in [0.2, 0.25) is 0 Å². The molecule has 1 rings (SSSR count). The number of hydrogen-bond donors (Lipinski definition) is 1. The van der Waals surface area contributed by atoms with Crippen molar-refractivity contribution in [1.82, 2.24) is 0 Å². The summed E-state index contributed by atoms with van der Waals surface area (Å²) in [4.78, 5) is 10.9. The molecule has 0 aliphatic carbocycles. The van der Waals surface area contributed by atoms with E-state index < -0.39 is 5.91 Å². The standard InChI is InChI=1S/C11H12N2O2/c1-7-4-9(13-11(14)6-12)10(15-3)5-8(7)2/h4-5H,1-3H3,(H,13,14). The Labute approximate surface area is 88.5 Å². The molecule has 4 heteroatoms. The lowest BCUT2D eigenvalue weighted by atomic mass is 10.1. The highest BCUT2D eigenvalue weighted by Crippen LogP contribution is 2.27.